The van der Waals surface area contributed by atoms with Crippen LogP contribution in [-0.4, -0.2) is 37.6 Å². The van der Waals surface area contributed by atoms with Gasteiger partial charge in [-0.05, 0) is 44.7 Å². The van der Waals surface area contributed by atoms with Gasteiger partial charge in [-0.1, -0.05) is 27.2 Å². The number of hydrogen-bond donors (Lipinski definition) is 1. The predicted molar refractivity (Wildman–Crippen MR) is 71.8 cm³/mol. The summed E-state index contributed by atoms with van der Waals surface area (Å²) in [6.45, 7) is 10.5. The fourth-order valence-electron chi connectivity index (χ4n) is 2.21. The maximum absolute atomic E-state index is 3.60. The molecule has 0 amide bonds. The zero-order valence-electron chi connectivity index (χ0n) is 11.6. The van der Waals surface area contributed by atoms with Crippen LogP contribution in [0, 0.1) is 11.8 Å². The van der Waals surface area contributed by atoms with Gasteiger partial charge in [-0.3, -0.25) is 0 Å². The van der Waals surface area contributed by atoms with Crippen molar-refractivity contribution in [1.29, 1.82) is 0 Å². The fourth-order valence-corrected chi connectivity index (χ4v) is 2.21. The summed E-state index contributed by atoms with van der Waals surface area (Å²) < 4.78 is 0. The maximum Gasteiger partial charge on any atom is 0.0217 e. The molecule has 1 atom stereocenters. The van der Waals surface area contributed by atoms with Gasteiger partial charge < -0.3 is 10.2 Å². The lowest BCUT2D eigenvalue weighted by Crippen LogP contribution is -2.41. The molecular weight excluding hydrogens is 196 g/mol. The minimum Gasteiger partial charge on any atom is -0.315 e. The van der Waals surface area contributed by atoms with Gasteiger partial charge in [0.25, 0.3) is 0 Å². The van der Waals surface area contributed by atoms with Gasteiger partial charge in [0.1, 0.15) is 0 Å². The van der Waals surface area contributed by atoms with E-state index in [0.29, 0.717) is 0 Å². The van der Waals surface area contributed by atoms with Crippen LogP contribution in [0.2, 0.25) is 0 Å². The van der Waals surface area contributed by atoms with E-state index >= 15 is 0 Å². The predicted octanol–water partition coefficient (Wildman–Crippen LogP) is 2.74. The molecule has 0 radical (unpaired) electrons. The Balaban J connectivity index is 2.21. The van der Waals surface area contributed by atoms with E-state index in [4.69, 9.17) is 0 Å². The molecule has 1 saturated carbocycles. The first kappa shape index (κ1) is 14.0. The average Bonchev–Trinajstić information content (AvgIpc) is 2.99. The monoisotopic (exact) mass is 226 g/mol. The van der Waals surface area contributed by atoms with E-state index in [1.54, 1.807) is 0 Å². The maximum atomic E-state index is 3.60. The molecule has 2 nitrogen and oxygen atoms in total. The molecule has 1 rings (SSSR count). The van der Waals surface area contributed by atoms with Gasteiger partial charge in [0.2, 0.25) is 0 Å². The summed E-state index contributed by atoms with van der Waals surface area (Å²) in [4.78, 5) is 2.58. The topological polar surface area (TPSA) is 15.3 Å². The number of hydrogen-bond acceptors (Lipinski definition) is 2. The van der Waals surface area contributed by atoms with Crippen LogP contribution in [-0.2, 0) is 0 Å². The minimum absolute atomic E-state index is 0.740. The van der Waals surface area contributed by atoms with Crippen LogP contribution in [0.1, 0.15) is 46.5 Å². The molecule has 2 heteroatoms. The molecule has 0 aliphatic heterocycles. The second kappa shape index (κ2) is 7.29. The van der Waals surface area contributed by atoms with E-state index in [1.807, 2.05) is 0 Å². The second-order valence-corrected chi connectivity index (χ2v) is 5.88. The average molecular weight is 226 g/mol. The van der Waals surface area contributed by atoms with E-state index in [9.17, 15) is 0 Å². The molecule has 0 aromatic rings. The first-order valence-corrected chi connectivity index (χ1v) is 7.04. The van der Waals surface area contributed by atoms with E-state index < -0.39 is 0 Å². The summed E-state index contributed by atoms with van der Waals surface area (Å²) in [5.74, 6) is 1.77. The molecule has 1 fully saturated rings. The van der Waals surface area contributed by atoms with E-state index in [-0.39, 0.29) is 0 Å². The Morgan fingerprint density at radius 1 is 1.25 bits per heavy atom. The van der Waals surface area contributed by atoms with Crippen LogP contribution < -0.4 is 5.32 Å². The van der Waals surface area contributed by atoms with Crippen LogP contribution in [0.5, 0.6) is 0 Å². The van der Waals surface area contributed by atoms with Crippen molar-refractivity contribution >= 4 is 0 Å². The Labute approximate surface area is 102 Å². The van der Waals surface area contributed by atoms with Crippen molar-refractivity contribution in [3.63, 3.8) is 0 Å². The zero-order valence-corrected chi connectivity index (χ0v) is 11.6. The Morgan fingerprint density at radius 3 is 2.44 bits per heavy atom. The van der Waals surface area contributed by atoms with Crippen LogP contribution in [0.25, 0.3) is 0 Å². The third kappa shape index (κ3) is 5.86. The lowest BCUT2D eigenvalue weighted by atomic mass is 10.1. The Hall–Kier alpha value is -0.0800. The molecule has 0 saturated heterocycles. The summed E-state index contributed by atoms with van der Waals surface area (Å²) in [5, 5.41) is 3.60. The van der Waals surface area contributed by atoms with Gasteiger partial charge in [0.05, 0.1) is 0 Å². The highest BCUT2D eigenvalue weighted by Crippen LogP contribution is 2.30. The summed E-state index contributed by atoms with van der Waals surface area (Å²) in [5.41, 5.74) is 0. The number of likely N-dealkylation sites (N-methyl/N-ethyl adjacent to an activating group) is 1. The number of nitrogens with zero attached hydrogens (tertiary/aromatic N) is 1. The Kier molecular flexibility index (Phi) is 6.37. The zero-order chi connectivity index (χ0) is 12.0. The highest BCUT2D eigenvalue weighted by Gasteiger charge is 2.25. The SMILES string of the molecule is CCCC(CNCC(C)C)N(C)CC1CC1. The molecule has 1 N–H and O–H groups in total. The lowest BCUT2D eigenvalue weighted by molar-refractivity contribution is 0.213. The van der Waals surface area contributed by atoms with E-state index in [0.717, 1.165) is 31.0 Å². The van der Waals surface area contributed by atoms with Crippen molar-refractivity contribution < 1.29 is 0 Å². The third-order valence-electron chi connectivity index (χ3n) is 3.42. The first-order chi connectivity index (χ1) is 7.63. The summed E-state index contributed by atoms with van der Waals surface area (Å²) in [6, 6.07) is 0.740. The van der Waals surface area contributed by atoms with Crippen molar-refractivity contribution in [1.82, 2.24) is 10.2 Å². The van der Waals surface area contributed by atoms with Crippen LogP contribution in [0.3, 0.4) is 0 Å². The van der Waals surface area contributed by atoms with Crippen molar-refractivity contribution in [2.75, 3.05) is 26.7 Å². The minimum atomic E-state index is 0.740. The molecule has 0 aromatic carbocycles. The van der Waals surface area contributed by atoms with Gasteiger partial charge in [-0.2, -0.15) is 0 Å². The van der Waals surface area contributed by atoms with Gasteiger partial charge in [-0.25, -0.2) is 0 Å². The highest BCUT2D eigenvalue weighted by atomic mass is 15.2. The quantitative estimate of drug-likeness (QED) is 0.650. The van der Waals surface area contributed by atoms with Gasteiger partial charge in [0, 0.05) is 19.1 Å². The lowest BCUT2D eigenvalue weighted by Gasteiger charge is -2.28. The molecule has 16 heavy (non-hydrogen) atoms. The molecular formula is C14H30N2. The Morgan fingerprint density at radius 2 is 1.94 bits per heavy atom. The fraction of sp³-hybridized carbons (Fsp3) is 1.00. The summed E-state index contributed by atoms with van der Waals surface area (Å²) in [6.07, 6.45) is 5.54. The van der Waals surface area contributed by atoms with Gasteiger partial charge in [-0.15, -0.1) is 0 Å². The molecule has 96 valence electrons. The first-order valence-electron chi connectivity index (χ1n) is 7.04. The van der Waals surface area contributed by atoms with Crippen LogP contribution in [0.4, 0.5) is 0 Å². The third-order valence-corrected chi connectivity index (χ3v) is 3.42. The summed E-state index contributed by atoms with van der Waals surface area (Å²) in [7, 11) is 2.30. The summed E-state index contributed by atoms with van der Waals surface area (Å²) >= 11 is 0. The Bertz CT molecular complexity index is 176. The van der Waals surface area contributed by atoms with Crippen molar-refractivity contribution in [2.24, 2.45) is 11.8 Å². The van der Waals surface area contributed by atoms with Crippen molar-refractivity contribution in [3.8, 4) is 0 Å². The molecule has 0 bridgehead atoms. The molecule has 1 unspecified atom stereocenters. The van der Waals surface area contributed by atoms with Crippen LogP contribution in [0.15, 0.2) is 0 Å². The van der Waals surface area contributed by atoms with Gasteiger partial charge in [0.15, 0.2) is 0 Å². The molecule has 1 aliphatic rings. The number of rotatable bonds is 9. The van der Waals surface area contributed by atoms with Crippen molar-refractivity contribution in [3.05, 3.63) is 0 Å². The van der Waals surface area contributed by atoms with E-state index in [1.165, 1.54) is 32.2 Å². The van der Waals surface area contributed by atoms with Gasteiger partial charge >= 0.3 is 0 Å². The smallest absolute Gasteiger partial charge is 0.0217 e. The molecule has 0 aromatic heterocycles. The normalized spacial score (nSPS) is 18.4. The highest BCUT2D eigenvalue weighted by molar-refractivity contribution is 4.80. The van der Waals surface area contributed by atoms with Crippen LogP contribution >= 0.6 is 0 Å². The second-order valence-electron chi connectivity index (χ2n) is 5.88. The standard InChI is InChI=1S/C14H30N2/c1-5-6-14(10-15-9-12(2)3)16(4)11-13-7-8-13/h12-15H,5-11H2,1-4H3. The van der Waals surface area contributed by atoms with Crippen molar-refractivity contribution in [2.45, 2.75) is 52.5 Å². The largest absolute Gasteiger partial charge is 0.315 e. The number of nitrogens with one attached hydrogen (secondary N) is 1. The molecule has 1 aliphatic carbocycles. The molecule has 0 spiro atoms. The van der Waals surface area contributed by atoms with E-state index in [2.05, 4.69) is 38.0 Å². The molecule has 0 heterocycles.